The van der Waals surface area contributed by atoms with Crippen LogP contribution in [0.3, 0.4) is 0 Å². The van der Waals surface area contributed by atoms with E-state index >= 15 is 0 Å². The Balaban J connectivity index is 2.52. The Morgan fingerprint density at radius 1 is 1.41 bits per heavy atom. The van der Waals surface area contributed by atoms with E-state index in [9.17, 15) is 14.0 Å². The zero-order valence-electron chi connectivity index (χ0n) is 9.75. The predicted octanol–water partition coefficient (Wildman–Crippen LogP) is 1.43. The number of esters is 1. The van der Waals surface area contributed by atoms with E-state index in [1.54, 1.807) is 6.92 Å². The first kappa shape index (κ1) is 13.2. The summed E-state index contributed by atoms with van der Waals surface area (Å²) < 4.78 is 17.4. The number of nitrogens with one attached hydrogen (secondary N) is 1. The second-order valence-corrected chi connectivity index (χ2v) is 3.55. The molecule has 0 aliphatic rings. The van der Waals surface area contributed by atoms with Crippen molar-refractivity contribution in [3.05, 3.63) is 35.1 Å². The fraction of sp³-hybridized carbons (Fsp3) is 0.333. The zero-order chi connectivity index (χ0) is 12.8. The van der Waals surface area contributed by atoms with E-state index in [0.717, 1.165) is 0 Å². The Hall–Kier alpha value is -1.91. The average molecular weight is 239 g/mol. The third-order valence-corrected chi connectivity index (χ3v) is 2.26. The summed E-state index contributed by atoms with van der Waals surface area (Å²) in [5, 5.41) is 2.55. The minimum Gasteiger partial charge on any atom is -0.469 e. The Kier molecular flexibility index (Phi) is 4.63. The Bertz CT molecular complexity index is 432. The van der Waals surface area contributed by atoms with Gasteiger partial charge in [-0.3, -0.25) is 9.59 Å². The smallest absolute Gasteiger partial charge is 0.307 e. The minimum absolute atomic E-state index is 0.114. The molecule has 0 aliphatic heterocycles. The topological polar surface area (TPSA) is 55.4 Å². The monoisotopic (exact) mass is 239 g/mol. The summed E-state index contributed by atoms with van der Waals surface area (Å²) in [6.07, 6.45) is 0.114. The van der Waals surface area contributed by atoms with Crippen molar-refractivity contribution in [2.75, 3.05) is 13.7 Å². The summed E-state index contributed by atoms with van der Waals surface area (Å²) in [7, 11) is 1.29. The quantitative estimate of drug-likeness (QED) is 0.808. The maximum Gasteiger partial charge on any atom is 0.307 e. The van der Waals surface area contributed by atoms with Crippen molar-refractivity contribution in [3.8, 4) is 0 Å². The van der Waals surface area contributed by atoms with Crippen LogP contribution in [0.2, 0.25) is 0 Å². The molecule has 0 aliphatic carbocycles. The lowest BCUT2D eigenvalue weighted by Gasteiger charge is -2.05. The number of aryl methyl sites for hydroxylation is 1. The number of rotatable bonds is 4. The van der Waals surface area contributed by atoms with Gasteiger partial charge in [0.15, 0.2) is 0 Å². The molecule has 92 valence electrons. The highest BCUT2D eigenvalue weighted by molar-refractivity contribution is 5.94. The summed E-state index contributed by atoms with van der Waals surface area (Å²) in [6, 6.07) is 4.10. The number of hydrogen-bond acceptors (Lipinski definition) is 3. The molecule has 17 heavy (non-hydrogen) atoms. The molecule has 5 heteroatoms. The molecule has 0 unspecified atom stereocenters. The molecule has 0 bridgehead atoms. The van der Waals surface area contributed by atoms with Crippen molar-refractivity contribution in [1.82, 2.24) is 5.32 Å². The lowest BCUT2D eigenvalue weighted by Crippen LogP contribution is -2.26. The van der Waals surface area contributed by atoms with Gasteiger partial charge in [-0.1, -0.05) is 0 Å². The normalized spacial score (nSPS) is 9.82. The Labute approximate surface area is 98.8 Å². The maximum absolute atomic E-state index is 13.0. The first-order valence-electron chi connectivity index (χ1n) is 5.15. The van der Waals surface area contributed by atoms with Gasteiger partial charge in [-0.25, -0.2) is 4.39 Å². The highest BCUT2D eigenvalue weighted by Crippen LogP contribution is 2.08. The van der Waals surface area contributed by atoms with Gasteiger partial charge in [-0.05, 0) is 30.7 Å². The largest absolute Gasteiger partial charge is 0.469 e. The summed E-state index contributed by atoms with van der Waals surface area (Å²) in [4.78, 5) is 22.4. The van der Waals surface area contributed by atoms with Crippen LogP contribution in [-0.2, 0) is 9.53 Å². The fourth-order valence-corrected chi connectivity index (χ4v) is 1.27. The molecule has 0 saturated heterocycles. The third kappa shape index (κ3) is 3.86. The predicted molar refractivity (Wildman–Crippen MR) is 60.1 cm³/mol. The summed E-state index contributed by atoms with van der Waals surface area (Å²) in [5.74, 6) is -1.08. The molecular formula is C12H14FNO3. The molecule has 0 radical (unpaired) electrons. The van der Waals surface area contributed by atoms with E-state index in [1.807, 2.05) is 0 Å². The van der Waals surface area contributed by atoms with Gasteiger partial charge in [0.1, 0.15) is 5.82 Å². The van der Waals surface area contributed by atoms with Crippen LogP contribution >= 0.6 is 0 Å². The molecule has 0 aromatic heterocycles. The highest BCUT2D eigenvalue weighted by atomic mass is 19.1. The zero-order valence-corrected chi connectivity index (χ0v) is 9.75. The number of methoxy groups -OCH3 is 1. The second kappa shape index (κ2) is 5.98. The standard InChI is InChI=1S/C12H14FNO3/c1-8-7-9(3-4-10(8)13)12(16)14-6-5-11(15)17-2/h3-4,7H,5-6H2,1-2H3,(H,14,16). The van der Waals surface area contributed by atoms with Gasteiger partial charge >= 0.3 is 5.97 Å². The van der Waals surface area contributed by atoms with E-state index < -0.39 is 0 Å². The summed E-state index contributed by atoms with van der Waals surface area (Å²) in [6.45, 7) is 1.78. The third-order valence-electron chi connectivity index (χ3n) is 2.26. The van der Waals surface area contributed by atoms with Crippen molar-refractivity contribution in [2.45, 2.75) is 13.3 Å². The molecule has 1 aromatic carbocycles. The van der Waals surface area contributed by atoms with Crippen LogP contribution in [0.5, 0.6) is 0 Å². The van der Waals surface area contributed by atoms with Gasteiger partial charge < -0.3 is 10.1 Å². The van der Waals surface area contributed by atoms with Crippen molar-refractivity contribution in [2.24, 2.45) is 0 Å². The van der Waals surface area contributed by atoms with Gasteiger partial charge in [0.05, 0.1) is 13.5 Å². The van der Waals surface area contributed by atoms with Crippen LogP contribution in [0.4, 0.5) is 4.39 Å². The molecule has 1 rings (SSSR count). The Morgan fingerprint density at radius 2 is 2.12 bits per heavy atom. The van der Waals surface area contributed by atoms with Crippen LogP contribution in [0.15, 0.2) is 18.2 Å². The highest BCUT2D eigenvalue weighted by Gasteiger charge is 2.08. The molecule has 0 saturated carbocycles. The maximum atomic E-state index is 13.0. The van der Waals surface area contributed by atoms with Crippen molar-refractivity contribution in [3.63, 3.8) is 0 Å². The lowest BCUT2D eigenvalue weighted by atomic mass is 10.1. The fourth-order valence-electron chi connectivity index (χ4n) is 1.27. The molecule has 4 nitrogen and oxygen atoms in total. The first-order valence-corrected chi connectivity index (χ1v) is 5.15. The van der Waals surface area contributed by atoms with Crippen LogP contribution in [0, 0.1) is 12.7 Å². The van der Waals surface area contributed by atoms with Crippen molar-refractivity contribution >= 4 is 11.9 Å². The second-order valence-electron chi connectivity index (χ2n) is 3.55. The van der Waals surface area contributed by atoms with E-state index in [-0.39, 0.29) is 30.7 Å². The van der Waals surface area contributed by atoms with Gasteiger partial charge in [-0.2, -0.15) is 0 Å². The van der Waals surface area contributed by atoms with Crippen LogP contribution < -0.4 is 5.32 Å². The van der Waals surface area contributed by atoms with Gasteiger partial charge in [-0.15, -0.1) is 0 Å². The van der Waals surface area contributed by atoms with Crippen LogP contribution in [0.1, 0.15) is 22.3 Å². The summed E-state index contributed by atoms with van der Waals surface area (Å²) in [5.41, 5.74) is 0.777. The summed E-state index contributed by atoms with van der Waals surface area (Å²) >= 11 is 0. The minimum atomic E-state index is -0.388. The van der Waals surface area contributed by atoms with E-state index in [1.165, 1.54) is 25.3 Å². The number of ether oxygens (including phenoxy) is 1. The number of hydrogen-bond donors (Lipinski definition) is 1. The molecule has 1 amide bonds. The molecular weight excluding hydrogens is 225 g/mol. The lowest BCUT2D eigenvalue weighted by molar-refractivity contribution is -0.140. The SMILES string of the molecule is COC(=O)CCNC(=O)c1ccc(F)c(C)c1. The van der Waals surface area contributed by atoms with Crippen molar-refractivity contribution < 1.29 is 18.7 Å². The number of halogens is 1. The van der Waals surface area contributed by atoms with Crippen LogP contribution in [-0.4, -0.2) is 25.5 Å². The number of carbonyl (C=O) groups excluding carboxylic acids is 2. The molecule has 0 fully saturated rings. The number of amides is 1. The Morgan fingerprint density at radius 3 is 2.71 bits per heavy atom. The molecule has 1 N–H and O–H groups in total. The van der Waals surface area contributed by atoms with E-state index in [0.29, 0.717) is 11.1 Å². The molecule has 0 atom stereocenters. The number of benzene rings is 1. The van der Waals surface area contributed by atoms with E-state index in [2.05, 4.69) is 10.1 Å². The van der Waals surface area contributed by atoms with Gasteiger partial charge in [0.25, 0.3) is 5.91 Å². The van der Waals surface area contributed by atoms with Crippen molar-refractivity contribution in [1.29, 1.82) is 0 Å². The molecule has 0 heterocycles. The molecule has 0 spiro atoms. The first-order chi connectivity index (χ1) is 8.04. The number of carbonyl (C=O) groups is 2. The average Bonchev–Trinajstić information content (AvgIpc) is 2.32. The van der Waals surface area contributed by atoms with Gasteiger partial charge in [0, 0.05) is 12.1 Å². The molecule has 1 aromatic rings. The van der Waals surface area contributed by atoms with E-state index in [4.69, 9.17) is 0 Å². The van der Waals surface area contributed by atoms with Crippen LogP contribution in [0.25, 0.3) is 0 Å². The van der Waals surface area contributed by atoms with Gasteiger partial charge in [0.2, 0.25) is 0 Å².